The summed E-state index contributed by atoms with van der Waals surface area (Å²) in [6, 6.07) is 4.60. The SMILES string of the molecule is CC(c1cccnc1)n1c(=O)cc[nH]c1=O. The molecule has 2 aromatic heterocycles. The van der Waals surface area contributed by atoms with Gasteiger partial charge in [0.25, 0.3) is 5.56 Å². The zero-order chi connectivity index (χ0) is 11.5. The van der Waals surface area contributed by atoms with Crippen LogP contribution < -0.4 is 11.2 Å². The van der Waals surface area contributed by atoms with Gasteiger partial charge in [-0.25, -0.2) is 4.79 Å². The number of aromatic nitrogens is 3. The molecule has 2 aromatic rings. The third-order valence-electron chi connectivity index (χ3n) is 2.44. The Hall–Kier alpha value is -2.17. The molecule has 2 rings (SSSR count). The molecule has 0 saturated carbocycles. The molecule has 0 aliphatic rings. The van der Waals surface area contributed by atoms with Crippen molar-refractivity contribution in [3.8, 4) is 0 Å². The molecule has 5 heteroatoms. The van der Waals surface area contributed by atoms with Crippen molar-refractivity contribution in [1.29, 1.82) is 0 Å². The zero-order valence-electron chi connectivity index (χ0n) is 8.75. The Kier molecular flexibility index (Phi) is 2.68. The first kappa shape index (κ1) is 10.4. The van der Waals surface area contributed by atoms with Crippen molar-refractivity contribution in [3.05, 3.63) is 63.2 Å². The zero-order valence-corrected chi connectivity index (χ0v) is 8.75. The standard InChI is InChI=1S/C11H11N3O2/c1-8(9-3-2-5-12-7-9)14-10(15)4-6-13-11(14)16/h2-8H,1H3,(H,13,16). The number of hydrogen-bond donors (Lipinski definition) is 1. The van der Waals surface area contributed by atoms with Crippen molar-refractivity contribution in [1.82, 2.24) is 14.5 Å². The van der Waals surface area contributed by atoms with E-state index >= 15 is 0 Å². The van der Waals surface area contributed by atoms with E-state index in [1.165, 1.54) is 12.3 Å². The van der Waals surface area contributed by atoms with Gasteiger partial charge in [-0.15, -0.1) is 0 Å². The molecule has 1 unspecified atom stereocenters. The molecule has 0 saturated heterocycles. The molecular weight excluding hydrogens is 206 g/mol. The van der Waals surface area contributed by atoms with Crippen LogP contribution in [0, 0.1) is 0 Å². The lowest BCUT2D eigenvalue weighted by Crippen LogP contribution is -2.36. The van der Waals surface area contributed by atoms with E-state index in [9.17, 15) is 9.59 Å². The highest BCUT2D eigenvalue weighted by Crippen LogP contribution is 2.11. The molecule has 0 radical (unpaired) electrons. The summed E-state index contributed by atoms with van der Waals surface area (Å²) in [4.78, 5) is 29.6. The number of nitrogens with one attached hydrogen (secondary N) is 1. The van der Waals surface area contributed by atoms with Crippen molar-refractivity contribution < 1.29 is 0 Å². The summed E-state index contributed by atoms with van der Waals surface area (Å²) in [6.45, 7) is 1.79. The van der Waals surface area contributed by atoms with E-state index in [0.29, 0.717) is 0 Å². The maximum atomic E-state index is 11.6. The highest BCUT2D eigenvalue weighted by molar-refractivity contribution is 5.14. The highest BCUT2D eigenvalue weighted by Gasteiger charge is 2.11. The summed E-state index contributed by atoms with van der Waals surface area (Å²) >= 11 is 0. The van der Waals surface area contributed by atoms with Crippen LogP contribution in [0.15, 0.2) is 46.4 Å². The van der Waals surface area contributed by atoms with Crippen molar-refractivity contribution in [3.63, 3.8) is 0 Å². The van der Waals surface area contributed by atoms with Gasteiger partial charge in [-0.1, -0.05) is 6.07 Å². The minimum atomic E-state index is -0.413. The van der Waals surface area contributed by atoms with E-state index in [0.717, 1.165) is 10.1 Å². The van der Waals surface area contributed by atoms with Crippen LogP contribution in [0.4, 0.5) is 0 Å². The molecule has 1 N–H and O–H groups in total. The summed E-state index contributed by atoms with van der Waals surface area (Å²) in [5.41, 5.74) is 0.0882. The lowest BCUT2D eigenvalue weighted by molar-refractivity contribution is 0.576. The van der Waals surface area contributed by atoms with E-state index in [4.69, 9.17) is 0 Å². The normalized spacial score (nSPS) is 12.3. The molecule has 2 heterocycles. The first-order chi connectivity index (χ1) is 7.70. The van der Waals surface area contributed by atoms with E-state index in [-0.39, 0.29) is 11.6 Å². The summed E-state index contributed by atoms with van der Waals surface area (Å²) in [7, 11) is 0. The number of rotatable bonds is 2. The van der Waals surface area contributed by atoms with Gasteiger partial charge in [0.2, 0.25) is 0 Å². The van der Waals surface area contributed by atoms with Crippen LogP contribution in [-0.2, 0) is 0 Å². The Morgan fingerprint density at radius 1 is 1.38 bits per heavy atom. The Balaban J connectivity index is 2.54. The Morgan fingerprint density at radius 2 is 2.19 bits per heavy atom. The predicted octanol–water partition coefficient (Wildman–Crippen LogP) is 0.541. The van der Waals surface area contributed by atoms with Crippen LogP contribution in [-0.4, -0.2) is 14.5 Å². The number of nitrogens with zero attached hydrogens (tertiary/aromatic N) is 2. The second kappa shape index (κ2) is 4.14. The highest BCUT2D eigenvalue weighted by atomic mass is 16.2. The summed E-state index contributed by atoms with van der Waals surface area (Å²) < 4.78 is 1.16. The number of aromatic amines is 1. The fraction of sp³-hybridized carbons (Fsp3) is 0.182. The molecule has 82 valence electrons. The monoisotopic (exact) mass is 217 g/mol. The first-order valence-corrected chi connectivity index (χ1v) is 4.90. The van der Waals surface area contributed by atoms with Crippen molar-refractivity contribution in [2.45, 2.75) is 13.0 Å². The summed E-state index contributed by atoms with van der Waals surface area (Å²) in [5, 5.41) is 0. The molecule has 0 spiro atoms. The second-order valence-electron chi connectivity index (χ2n) is 3.45. The van der Waals surface area contributed by atoms with E-state index in [1.54, 1.807) is 25.4 Å². The Morgan fingerprint density at radius 3 is 2.81 bits per heavy atom. The van der Waals surface area contributed by atoms with Crippen LogP contribution in [0.3, 0.4) is 0 Å². The average Bonchev–Trinajstić information content (AvgIpc) is 2.30. The minimum absolute atomic E-state index is 0.319. The van der Waals surface area contributed by atoms with Gasteiger partial charge in [0.05, 0.1) is 6.04 Å². The number of pyridine rings is 1. The van der Waals surface area contributed by atoms with Crippen LogP contribution in [0.1, 0.15) is 18.5 Å². The van der Waals surface area contributed by atoms with Gasteiger partial charge < -0.3 is 4.98 Å². The van der Waals surface area contributed by atoms with E-state index in [2.05, 4.69) is 9.97 Å². The fourth-order valence-electron chi connectivity index (χ4n) is 1.57. The van der Waals surface area contributed by atoms with Crippen LogP contribution >= 0.6 is 0 Å². The number of H-pyrrole nitrogens is 1. The third-order valence-corrected chi connectivity index (χ3v) is 2.44. The van der Waals surface area contributed by atoms with Gasteiger partial charge in [0.15, 0.2) is 0 Å². The molecule has 0 fully saturated rings. The van der Waals surface area contributed by atoms with Crippen LogP contribution in [0.25, 0.3) is 0 Å². The average molecular weight is 217 g/mol. The molecule has 0 bridgehead atoms. The largest absolute Gasteiger partial charge is 0.328 e. The molecule has 5 nitrogen and oxygen atoms in total. The van der Waals surface area contributed by atoms with Crippen LogP contribution in [0.2, 0.25) is 0 Å². The molecule has 0 aliphatic carbocycles. The van der Waals surface area contributed by atoms with E-state index < -0.39 is 5.69 Å². The maximum Gasteiger partial charge on any atom is 0.328 e. The van der Waals surface area contributed by atoms with Gasteiger partial charge in [-0.05, 0) is 18.6 Å². The predicted molar refractivity (Wildman–Crippen MR) is 59.4 cm³/mol. The van der Waals surface area contributed by atoms with Gasteiger partial charge in [0, 0.05) is 24.7 Å². The smallest absolute Gasteiger partial charge is 0.314 e. The van der Waals surface area contributed by atoms with Gasteiger partial charge in [0.1, 0.15) is 0 Å². The third kappa shape index (κ3) is 1.79. The van der Waals surface area contributed by atoms with Crippen molar-refractivity contribution in [2.75, 3.05) is 0 Å². The molecule has 0 aliphatic heterocycles. The molecular formula is C11H11N3O2. The fourth-order valence-corrected chi connectivity index (χ4v) is 1.57. The lowest BCUT2D eigenvalue weighted by Gasteiger charge is -2.12. The van der Waals surface area contributed by atoms with Crippen molar-refractivity contribution >= 4 is 0 Å². The van der Waals surface area contributed by atoms with Crippen LogP contribution in [0.5, 0.6) is 0 Å². The Labute approximate surface area is 91.4 Å². The van der Waals surface area contributed by atoms with Gasteiger partial charge >= 0.3 is 5.69 Å². The molecule has 0 amide bonds. The summed E-state index contributed by atoms with van der Waals surface area (Å²) in [5.74, 6) is 0. The van der Waals surface area contributed by atoms with E-state index in [1.807, 2.05) is 6.07 Å². The minimum Gasteiger partial charge on any atom is -0.314 e. The molecule has 16 heavy (non-hydrogen) atoms. The number of hydrogen-bond acceptors (Lipinski definition) is 3. The van der Waals surface area contributed by atoms with Gasteiger partial charge in [-0.2, -0.15) is 0 Å². The lowest BCUT2D eigenvalue weighted by atomic mass is 10.1. The quantitative estimate of drug-likeness (QED) is 0.798. The summed E-state index contributed by atoms with van der Waals surface area (Å²) in [6.07, 6.45) is 4.63. The topological polar surface area (TPSA) is 67.8 Å². The first-order valence-electron chi connectivity index (χ1n) is 4.90. The van der Waals surface area contributed by atoms with Crippen molar-refractivity contribution in [2.24, 2.45) is 0 Å². The Bertz CT molecular complexity index is 558. The maximum absolute atomic E-state index is 11.6. The molecule has 0 aromatic carbocycles. The second-order valence-corrected chi connectivity index (χ2v) is 3.45. The molecule has 1 atom stereocenters. The van der Waals surface area contributed by atoms with Gasteiger partial charge in [-0.3, -0.25) is 14.3 Å².